The highest BCUT2D eigenvalue weighted by atomic mass is 16.5. The van der Waals surface area contributed by atoms with E-state index in [0.717, 1.165) is 11.4 Å². The Hall–Kier alpha value is -1.38. The third kappa shape index (κ3) is 2.70. The van der Waals surface area contributed by atoms with E-state index in [4.69, 9.17) is 4.74 Å². The molecule has 0 unspecified atom stereocenters. The maximum Gasteiger partial charge on any atom is 0.0850 e. The lowest BCUT2D eigenvalue weighted by Gasteiger charge is -1.94. The molecule has 0 aliphatic rings. The van der Waals surface area contributed by atoms with Gasteiger partial charge in [0.1, 0.15) is 0 Å². The molecular formula is C9H12N2O. The van der Waals surface area contributed by atoms with Gasteiger partial charge in [-0.1, -0.05) is 0 Å². The molecule has 3 nitrogen and oxygen atoms in total. The van der Waals surface area contributed by atoms with Gasteiger partial charge in [0.15, 0.2) is 0 Å². The highest BCUT2D eigenvalue weighted by molar-refractivity contribution is 5.41. The molecule has 1 aromatic rings. The van der Waals surface area contributed by atoms with E-state index in [1.807, 2.05) is 13.8 Å². The van der Waals surface area contributed by atoms with Gasteiger partial charge >= 0.3 is 0 Å². The van der Waals surface area contributed by atoms with Crippen LogP contribution in [-0.4, -0.2) is 16.6 Å². The van der Waals surface area contributed by atoms with Crippen molar-refractivity contribution in [3.8, 4) is 0 Å². The van der Waals surface area contributed by atoms with Gasteiger partial charge in [0, 0.05) is 6.20 Å². The van der Waals surface area contributed by atoms with E-state index >= 15 is 0 Å². The maximum absolute atomic E-state index is 5.03. The first-order valence-electron chi connectivity index (χ1n) is 3.89. The summed E-state index contributed by atoms with van der Waals surface area (Å²) in [5.74, 6) is 0. The van der Waals surface area contributed by atoms with Crippen LogP contribution in [0.2, 0.25) is 0 Å². The van der Waals surface area contributed by atoms with Gasteiger partial charge in [-0.15, -0.1) is 0 Å². The van der Waals surface area contributed by atoms with E-state index in [-0.39, 0.29) is 0 Å². The van der Waals surface area contributed by atoms with Crippen molar-refractivity contribution in [3.05, 3.63) is 30.0 Å². The summed E-state index contributed by atoms with van der Waals surface area (Å²) in [6, 6.07) is 0. The third-order valence-corrected chi connectivity index (χ3v) is 1.28. The summed E-state index contributed by atoms with van der Waals surface area (Å²) in [4.78, 5) is 8.21. The fourth-order valence-corrected chi connectivity index (χ4v) is 0.777. The topological polar surface area (TPSA) is 35.0 Å². The Bertz CT molecular complexity index is 271. The molecule has 0 aliphatic carbocycles. The summed E-state index contributed by atoms with van der Waals surface area (Å²) in [6.45, 7) is 4.52. The normalized spacial score (nSPS) is 10.5. The predicted molar refractivity (Wildman–Crippen MR) is 47.4 cm³/mol. The average Bonchev–Trinajstić information content (AvgIpc) is 2.05. The number of nitrogens with zero attached hydrogens (tertiary/aromatic N) is 2. The molecule has 64 valence electrons. The van der Waals surface area contributed by atoms with Crippen molar-refractivity contribution < 1.29 is 4.74 Å². The van der Waals surface area contributed by atoms with Crippen LogP contribution in [0.4, 0.5) is 0 Å². The molecule has 0 spiro atoms. The molecule has 0 aliphatic heterocycles. The number of hydrogen-bond donors (Lipinski definition) is 0. The minimum atomic E-state index is 0.676. The van der Waals surface area contributed by atoms with Crippen molar-refractivity contribution in [2.45, 2.75) is 13.8 Å². The predicted octanol–water partition coefficient (Wildman–Crippen LogP) is 1.79. The fraction of sp³-hybridized carbons (Fsp3) is 0.333. The van der Waals surface area contributed by atoms with E-state index in [2.05, 4.69) is 9.97 Å². The number of hydrogen-bond acceptors (Lipinski definition) is 3. The van der Waals surface area contributed by atoms with Gasteiger partial charge in [0.2, 0.25) is 0 Å². The van der Waals surface area contributed by atoms with Crippen LogP contribution in [0, 0.1) is 6.92 Å². The fourth-order valence-electron chi connectivity index (χ4n) is 0.777. The molecule has 1 rings (SSSR count). The van der Waals surface area contributed by atoms with E-state index in [0.29, 0.717) is 6.61 Å². The lowest BCUT2D eigenvalue weighted by molar-refractivity contribution is 0.272. The molecule has 3 heteroatoms. The van der Waals surface area contributed by atoms with Gasteiger partial charge in [-0.05, 0) is 19.9 Å². The second kappa shape index (κ2) is 4.49. The highest BCUT2D eigenvalue weighted by Crippen LogP contribution is 1.97. The molecule has 0 N–H and O–H groups in total. The molecule has 0 amide bonds. The SMILES string of the molecule is CCO/C=C/c1cncc(C)n1. The monoisotopic (exact) mass is 164 g/mol. The number of rotatable bonds is 3. The Morgan fingerprint density at radius 3 is 3.00 bits per heavy atom. The molecule has 0 saturated heterocycles. The van der Waals surface area contributed by atoms with E-state index in [9.17, 15) is 0 Å². The van der Waals surface area contributed by atoms with E-state index in [1.54, 1.807) is 24.7 Å². The minimum absolute atomic E-state index is 0.676. The van der Waals surface area contributed by atoms with Crippen molar-refractivity contribution in [1.29, 1.82) is 0 Å². The van der Waals surface area contributed by atoms with Crippen LogP contribution in [0.5, 0.6) is 0 Å². The quantitative estimate of drug-likeness (QED) is 0.639. The summed E-state index contributed by atoms with van der Waals surface area (Å²) in [5.41, 5.74) is 1.73. The van der Waals surface area contributed by atoms with Gasteiger partial charge in [-0.2, -0.15) is 0 Å². The Labute approximate surface area is 72.1 Å². The zero-order valence-electron chi connectivity index (χ0n) is 7.32. The minimum Gasteiger partial charge on any atom is -0.501 e. The molecule has 0 fully saturated rings. The molecule has 1 aromatic heterocycles. The third-order valence-electron chi connectivity index (χ3n) is 1.28. The van der Waals surface area contributed by atoms with Crippen LogP contribution < -0.4 is 0 Å². The van der Waals surface area contributed by atoms with Crippen molar-refractivity contribution in [2.24, 2.45) is 0 Å². The number of aryl methyl sites for hydroxylation is 1. The van der Waals surface area contributed by atoms with Crippen LogP contribution in [0.1, 0.15) is 18.3 Å². The van der Waals surface area contributed by atoms with Crippen LogP contribution in [0.15, 0.2) is 18.7 Å². The van der Waals surface area contributed by atoms with Crippen LogP contribution in [0.3, 0.4) is 0 Å². The van der Waals surface area contributed by atoms with Crippen LogP contribution >= 0.6 is 0 Å². The molecule has 12 heavy (non-hydrogen) atoms. The molecule has 0 atom stereocenters. The maximum atomic E-state index is 5.03. The molecule has 0 radical (unpaired) electrons. The van der Waals surface area contributed by atoms with Crippen molar-refractivity contribution in [3.63, 3.8) is 0 Å². The molecular weight excluding hydrogens is 152 g/mol. The second-order valence-electron chi connectivity index (χ2n) is 2.34. The number of aromatic nitrogens is 2. The Morgan fingerprint density at radius 2 is 2.33 bits per heavy atom. The lowest BCUT2D eigenvalue weighted by atomic mass is 10.4. The second-order valence-corrected chi connectivity index (χ2v) is 2.34. The molecule has 1 heterocycles. The van der Waals surface area contributed by atoms with Crippen molar-refractivity contribution >= 4 is 6.08 Å². The Kier molecular flexibility index (Phi) is 3.26. The van der Waals surface area contributed by atoms with Gasteiger partial charge in [-0.25, -0.2) is 0 Å². The summed E-state index contributed by atoms with van der Waals surface area (Å²) in [6.07, 6.45) is 6.84. The van der Waals surface area contributed by atoms with E-state index < -0.39 is 0 Å². The van der Waals surface area contributed by atoms with Gasteiger partial charge < -0.3 is 4.74 Å². The number of ether oxygens (including phenoxy) is 1. The van der Waals surface area contributed by atoms with Crippen LogP contribution in [-0.2, 0) is 4.74 Å². The average molecular weight is 164 g/mol. The Balaban J connectivity index is 2.63. The van der Waals surface area contributed by atoms with Crippen molar-refractivity contribution in [1.82, 2.24) is 9.97 Å². The lowest BCUT2D eigenvalue weighted by Crippen LogP contribution is -1.87. The van der Waals surface area contributed by atoms with Gasteiger partial charge in [0.25, 0.3) is 0 Å². The largest absolute Gasteiger partial charge is 0.501 e. The van der Waals surface area contributed by atoms with Crippen molar-refractivity contribution in [2.75, 3.05) is 6.61 Å². The standard InChI is InChI=1S/C9H12N2O/c1-3-12-5-4-9-7-10-6-8(2)11-9/h4-7H,3H2,1-2H3/b5-4+. The van der Waals surface area contributed by atoms with Gasteiger partial charge in [0.05, 0.1) is 30.5 Å². The molecule has 0 aromatic carbocycles. The summed E-state index contributed by atoms with van der Waals surface area (Å²) in [5, 5.41) is 0. The first-order chi connectivity index (χ1) is 5.83. The molecule has 0 bridgehead atoms. The zero-order valence-corrected chi connectivity index (χ0v) is 7.32. The molecule has 0 saturated carbocycles. The highest BCUT2D eigenvalue weighted by Gasteiger charge is 1.88. The van der Waals surface area contributed by atoms with E-state index in [1.165, 1.54) is 0 Å². The first kappa shape index (κ1) is 8.71. The summed E-state index contributed by atoms with van der Waals surface area (Å²) >= 11 is 0. The smallest absolute Gasteiger partial charge is 0.0850 e. The first-order valence-corrected chi connectivity index (χ1v) is 3.89. The summed E-state index contributed by atoms with van der Waals surface area (Å²) in [7, 11) is 0. The zero-order chi connectivity index (χ0) is 8.81. The van der Waals surface area contributed by atoms with Crippen LogP contribution in [0.25, 0.3) is 6.08 Å². The Morgan fingerprint density at radius 1 is 1.50 bits per heavy atom. The van der Waals surface area contributed by atoms with Gasteiger partial charge in [-0.3, -0.25) is 9.97 Å². The summed E-state index contributed by atoms with van der Waals surface area (Å²) < 4.78 is 5.03.